The fourth-order valence-corrected chi connectivity index (χ4v) is 2.24. The summed E-state index contributed by atoms with van der Waals surface area (Å²) in [5.41, 5.74) is 3.55. The lowest BCUT2D eigenvalue weighted by Gasteiger charge is -2.10. The molecule has 0 fully saturated rings. The summed E-state index contributed by atoms with van der Waals surface area (Å²) in [6.07, 6.45) is 12.2. The van der Waals surface area contributed by atoms with Gasteiger partial charge in [0.2, 0.25) is 0 Å². The van der Waals surface area contributed by atoms with Crippen molar-refractivity contribution in [3.63, 3.8) is 0 Å². The third kappa shape index (κ3) is 6.19. The smallest absolute Gasteiger partial charge is 0.148 e. The summed E-state index contributed by atoms with van der Waals surface area (Å²) in [6, 6.07) is 0. The van der Waals surface area contributed by atoms with Crippen molar-refractivity contribution < 1.29 is 0 Å². The molecule has 1 heterocycles. The van der Waals surface area contributed by atoms with Crippen LogP contribution in [0.25, 0.3) is 0 Å². The maximum Gasteiger partial charge on any atom is 0.148 e. The average Bonchev–Trinajstić information content (AvgIpc) is 2.47. The lowest BCUT2D eigenvalue weighted by Crippen LogP contribution is -2.13. The molecule has 0 unspecified atom stereocenters. The Morgan fingerprint density at radius 3 is 2.20 bits per heavy atom. The minimum atomic E-state index is 0.679. The third-order valence-corrected chi connectivity index (χ3v) is 3.54. The fourth-order valence-electron chi connectivity index (χ4n) is 2.24. The quantitative estimate of drug-likeness (QED) is 0.328. The zero-order valence-electron chi connectivity index (χ0n) is 12.9. The second kappa shape index (κ2) is 10.4. The highest BCUT2D eigenvalue weighted by atomic mass is 15.3. The van der Waals surface area contributed by atoms with Gasteiger partial charge in [0.15, 0.2) is 0 Å². The number of hydrogen-bond acceptors (Lipinski definition) is 5. The van der Waals surface area contributed by atoms with Crippen molar-refractivity contribution in [2.45, 2.75) is 65.2 Å². The summed E-state index contributed by atoms with van der Waals surface area (Å²) in [7, 11) is 0. The number of nitrogens with two attached hydrogens (primary N) is 1. The Morgan fingerprint density at radius 2 is 1.55 bits per heavy atom. The van der Waals surface area contributed by atoms with Crippen LogP contribution in [-0.4, -0.2) is 16.5 Å². The maximum absolute atomic E-state index is 5.40. The molecule has 0 aromatic carbocycles. The first-order valence-corrected chi connectivity index (χ1v) is 7.81. The van der Waals surface area contributed by atoms with E-state index in [9.17, 15) is 0 Å². The predicted octanol–water partition coefficient (Wildman–Crippen LogP) is 3.62. The first-order valence-electron chi connectivity index (χ1n) is 7.81. The molecule has 0 bridgehead atoms. The number of nitrogen functional groups attached to an aromatic ring is 1. The van der Waals surface area contributed by atoms with Crippen molar-refractivity contribution in [2.75, 3.05) is 17.3 Å². The molecule has 1 aromatic heterocycles. The Bertz CT molecular complexity index is 367. The molecule has 0 amide bonds. The molecule has 0 atom stereocenters. The fraction of sp³-hybridized carbons (Fsp3) is 0.733. The molecule has 0 aliphatic rings. The predicted molar refractivity (Wildman–Crippen MR) is 85.7 cm³/mol. The number of hydrazine groups is 1. The van der Waals surface area contributed by atoms with Gasteiger partial charge in [0.05, 0.1) is 0 Å². The molecule has 1 rings (SSSR count). The second-order valence-electron chi connectivity index (χ2n) is 5.24. The molecule has 4 N–H and O–H groups in total. The standard InChI is InChI=1S/C15H29N5/c1-3-4-5-6-7-8-9-10-11-17-14-13(2)15(20-16)19-12-18-14/h12H,3-11,16H2,1-2H3,(H2,17,18,19,20). The summed E-state index contributed by atoms with van der Waals surface area (Å²) >= 11 is 0. The molecular formula is C15H29N5. The van der Waals surface area contributed by atoms with Gasteiger partial charge in [-0.3, -0.25) is 0 Å². The highest BCUT2D eigenvalue weighted by molar-refractivity contribution is 5.55. The van der Waals surface area contributed by atoms with Crippen LogP contribution in [0.15, 0.2) is 6.33 Å². The van der Waals surface area contributed by atoms with Crippen LogP contribution >= 0.6 is 0 Å². The van der Waals surface area contributed by atoms with Gasteiger partial charge in [-0.1, -0.05) is 51.9 Å². The molecule has 0 spiro atoms. The Balaban J connectivity index is 2.09. The van der Waals surface area contributed by atoms with Gasteiger partial charge < -0.3 is 10.7 Å². The van der Waals surface area contributed by atoms with E-state index in [1.165, 1.54) is 57.7 Å². The first kappa shape index (κ1) is 16.7. The number of rotatable bonds is 11. The van der Waals surface area contributed by atoms with Gasteiger partial charge in [-0.2, -0.15) is 0 Å². The number of aromatic nitrogens is 2. The largest absolute Gasteiger partial charge is 0.370 e. The number of nitrogens with zero attached hydrogens (tertiary/aromatic N) is 2. The zero-order valence-corrected chi connectivity index (χ0v) is 12.9. The first-order chi connectivity index (χ1) is 9.79. The number of nitrogens with one attached hydrogen (secondary N) is 2. The Kier molecular flexibility index (Phi) is 8.71. The molecule has 0 saturated heterocycles. The minimum Gasteiger partial charge on any atom is -0.370 e. The second-order valence-corrected chi connectivity index (χ2v) is 5.24. The van der Waals surface area contributed by atoms with Gasteiger partial charge >= 0.3 is 0 Å². The summed E-state index contributed by atoms with van der Waals surface area (Å²) in [6.45, 7) is 5.18. The summed E-state index contributed by atoms with van der Waals surface area (Å²) in [4.78, 5) is 8.30. The number of hydrogen-bond donors (Lipinski definition) is 3. The van der Waals surface area contributed by atoms with Crippen LogP contribution in [0.1, 0.15) is 63.9 Å². The van der Waals surface area contributed by atoms with Crippen LogP contribution in [0.3, 0.4) is 0 Å². The Hall–Kier alpha value is -1.36. The monoisotopic (exact) mass is 279 g/mol. The molecular weight excluding hydrogens is 250 g/mol. The van der Waals surface area contributed by atoms with Crippen LogP contribution in [0, 0.1) is 6.92 Å². The number of unbranched alkanes of at least 4 members (excludes halogenated alkanes) is 7. The molecule has 20 heavy (non-hydrogen) atoms. The van der Waals surface area contributed by atoms with Gasteiger partial charge in [0, 0.05) is 12.1 Å². The van der Waals surface area contributed by atoms with Crippen molar-refractivity contribution >= 4 is 11.6 Å². The van der Waals surface area contributed by atoms with Crippen molar-refractivity contribution in [1.82, 2.24) is 9.97 Å². The molecule has 5 heteroatoms. The molecule has 114 valence electrons. The van der Waals surface area contributed by atoms with Crippen molar-refractivity contribution in [3.05, 3.63) is 11.9 Å². The Morgan fingerprint density at radius 1 is 0.950 bits per heavy atom. The normalized spacial score (nSPS) is 10.6. The van der Waals surface area contributed by atoms with E-state index in [0.29, 0.717) is 5.82 Å². The zero-order chi connectivity index (χ0) is 14.6. The highest BCUT2D eigenvalue weighted by Gasteiger charge is 2.04. The van der Waals surface area contributed by atoms with Crippen molar-refractivity contribution in [3.8, 4) is 0 Å². The van der Waals surface area contributed by atoms with E-state index in [2.05, 4.69) is 27.6 Å². The van der Waals surface area contributed by atoms with E-state index >= 15 is 0 Å². The molecule has 5 nitrogen and oxygen atoms in total. The van der Waals surface area contributed by atoms with Crippen molar-refractivity contribution in [2.24, 2.45) is 5.84 Å². The van der Waals surface area contributed by atoms with E-state index in [0.717, 1.165) is 17.9 Å². The molecule has 1 aromatic rings. The Labute approximate surface area is 122 Å². The van der Waals surface area contributed by atoms with E-state index in [1.54, 1.807) is 0 Å². The van der Waals surface area contributed by atoms with E-state index in [1.807, 2.05) is 6.92 Å². The third-order valence-electron chi connectivity index (χ3n) is 3.54. The van der Waals surface area contributed by atoms with E-state index in [4.69, 9.17) is 5.84 Å². The summed E-state index contributed by atoms with van der Waals surface area (Å²) in [5.74, 6) is 6.95. The molecule has 0 aliphatic heterocycles. The molecule has 0 aliphatic carbocycles. The minimum absolute atomic E-state index is 0.679. The van der Waals surface area contributed by atoms with Gasteiger partial charge in [-0.15, -0.1) is 0 Å². The molecule has 0 radical (unpaired) electrons. The summed E-state index contributed by atoms with van der Waals surface area (Å²) < 4.78 is 0. The van der Waals surface area contributed by atoms with Gasteiger partial charge in [0.25, 0.3) is 0 Å². The summed E-state index contributed by atoms with van der Waals surface area (Å²) in [5, 5.41) is 3.35. The average molecular weight is 279 g/mol. The van der Waals surface area contributed by atoms with Gasteiger partial charge in [-0.05, 0) is 13.3 Å². The van der Waals surface area contributed by atoms with Gasteiger partial charge in [-0.25, -0.2) is 15.8 Å². The lowest BCUT2D eigenvalue weighted by molar-refractivity contribution is 0.581. The molecule has 0 saturated carbocycles. The van der Waals surface area contributed by atoms with Crippen LogP contribution < -0.4 is 16.6 Å². The number of anilines is 2. The highest BCUT2D eigenvalue weighted by Crippen LogP contribution is 2.17. The topological polar surface area (TPSA) is 75.9 Å². The van der Waals surface area contributed by atoms with E-state index < -0.39 is 0 Å². The van der Waals surface area contributed by atoms with E-state index in [-0.39, 0.29) is 0 Å². The van der Waals surface area contributed by atoms with Crippen LogP contribution in [0.5, 0.6) is 0 Å². The van der Waals surface area contributed by atoms with Crippen molar-refractivity contribution in [1.29, 1.82) is 0 Å². The maximum atomic E-state index is 5.40. The van der Waals surface area contributed by atoms with Crippen LogP contribution in [0.4, 0.5) is 11.6 Å². The van der Waals surface area contributed by atoms with Crippen LogP contribution in [-0.2, 0) is 0 Å². The van der Waals surface area contributed by atoms with Crippen LogP contribution in [0.2, 0.25) is 0 Å². The van der Waals surface area contributed by atoms with Gasteiger partial charge in [0.1, 0.15) is 18.0 Å². The SMILES string of the molecule is CCCCCCCCCCNc1ncnc(NN)c1C. The lowest BCUT2D eigenvalue weighted by atomic mass is 10.1.